The highest BCUT2D eigenvalue weighted by molar-refractivity contribution is 7.89. The number of nitrogens with zero attached hydrogens (tertiary/aromatic N) is 3. The monoisotopic (exact) mass is 660 g/mol. The Morgan fingerprint density at radius 2 is 1.54 bits per heavy atom. The van der Waals surface area contributed by atoms with Crippen LogP contribution in [0.25, 0.3) is 0 Å². The maximum atomic E-state index is 13.8. The van der Waals surface area contributed by atoms with Gasteiger partial charge in [0.05, 0.1) is 11.0 Å². The number of halogens is 2. The van der Waals surface area contributed by atoms with Crippen LogP contribution in [0.2, 0.25) is 0 Å². The number of carbonyl (C=O) groups is 1. The lowest BCUT2D eigenvalue weighted by Crippen LogP contribution is -2.45. The van der Waals surface area contributed by atoms with E-state index in [1.165, 1.54) is 31.1 Å². The SMILES string of the molecule is CCCN(CCC)C(=O)c1cc(C)cc(C(O)N(Cc2cccc(S(=O)(=O)N(C)C)c2)CC(O)C(N)Cc2cc(F)cc(F)c2)c1. The molecular weight excluding hydrogens is 614 g/mol. The van der Waals surface area contributed by atoms with E-state index in [1.807, 2.05) is 20.8 Å². The van der Waals surface area contributed by atoms with Crippen LogP contribution < -0.4 is 5.73 Å². The Bertz CT molecular complexity index is 1560. The van der Waals surface area contributed by atoms with Crippen molar-refractivity contribution in [3.05, 3.63) is 100 Å². The Morgan fingerprint density at radius 3 is 2.13 bits per heavy atom. The first-order chi connectivity index (χ1) is 21.7. The molecule has 3 aromatic rings. The first-order valence-corrected chi connectivity index (χ1v) is 16.8. The zero-order chi connectivity index (χ0) is 34.2. The summed E-state index contributed by atoms with van der Waals surface area (Å²) in [5.74, 6) is -1.68. The van der Waals surface area contributed by atoms with Crippen molar-refractivity contribution in [1.29, 1.82) is 0 Å². The van der Waals surface area contributed by atoms with Crippen molar-refractivity contribution in [3.63, 3.8) is 0 Å². The van der Waals surface area contributed by atoms with Gasteiger partial charge in [0.1, 0.15) is 17.9 Å². The number of aliphatic hydroxyl groups excluding tert-OH is 2. The van der Waals surface area contributed by atoms with Crippen LogP contribution in [0.15, 0.2) is 65.6 Å². The minimum atomic E-state index is -3.74. The lowest BCUT2D eigenvalue weighted by molar-refractivity contribution is -0.0349. The molecule has 3 aromatic carbocycles. The van der Waals surface area contributed by atoms with Crippen LogP contribution in [0.5, 0.6) is 0 Å². The van der Waals surface area contributed by atoms with Crippen molar-refractivity contribution < 1.29 is 32.2 Å². The molecule has 0 heterocycles. The second-order valence-electron chi connectivity index (χ2n) is 11.9. The fourth-order valence-electron chi connectivity index (χ4n) is 5.35. The van der Waals surface area contributed by atoms with E-state index in [1.54, 1.807) is 35.2 Å². The molecule has 46 heavy (non-hydrogen) atoms. The third-order valence-electron chi connectivity index (χ3n) is 7.64. The molecule has 0 bridgehead atoms. The topological polar surface area (TPSA) is 127 Å². The quantitative estimate of drug-likeness (QED) is 0.197. The largest absolute Gasteiger partial charge is 0.390 e. The number of carbonyl (C=O) groups excluding carboxylic acids is 1. The molecule has 0 aliphatic heterocycles. The molecular formula is C34H46F2N4O5S. The standard InChI is InChI=1S/C34H46F2N4O5S/c1-6-11-39(12-7-2)33(42)26-13-23(3)14-27(19-26)34(43)40(21-24-9-8-10-30(17-24)46(44,45)38(4)5)22-32(41)31(37)18-25-15-28(35)20-29(36)16-25/h8-10,13-17,19-20,31-32,34,41,43H,6-7,11-12,18,21-22,37H2,1-5H3. The molecule has 0 fully saturated rings. The van der Waals surface area contributed by atoms with E-state index in [2.05, 4.69) is 0 Å². The molecule has 0 aromatic heterocycles. The second kappa shape index (κ2) is 16.5. The second-order valence-corrected chi connectivity index (χ2v) is 14.0. The summed E-state index contributed by atoms with van der Waals surface area (Å²) in [4.78, 5) is 16.8. The van der Waals surface area contributed by atoms with Gasteiger partial charge < -0.3 is 20.8 Å². The van der Waals surface area contributed by atoms with Crippen LogP contribution in [0.1, 0.15) is 65.5 Å². The van der Waals surface area contributed by atoms with E-state index in [9.17, 15) is 32.2 Å². The van der Waals surface area contributed by atoms with Gasteiger partial charge >= 0.3 is 0 Å². The third kappa shape index (κ3) is 9.87. The van der Waals surface area contributed by atoms with Gasteiger partial charge in [-0.05, 0) is 84.8 Å². The summed E-state index contributed by atoms with van der Waals surface area (Å²) >= 11 is 0. The van der Waals surface area contributed by atoms with Crippen LogP contribution in [0.4, 0.5) is 8.78 Å². The number of amides is 1. The van der Waals surface area contributed by atoms with E-state index >= 15 is 0 Å². The van der Waals surface area contributed by atoms with Gasteiger partial charge in [0, 0.05) is 57.9 Å². The van der Waals surface area contributed by atoms with Crippen molar-refractivity contribution in [1.82, 2.24) is 14.1 Å². The fraction of sp³-hybridized carbons (Fsp3) is 0.441. The van der Waals surface area contributed by atoms with Crippen molar-refractivity contribution in [2.75, 3.05) is 33.7 Å². The summed E-state index contributed by atoms with van der Waals surface area (Å²) in [7, 11) is -0.886. The van der Waals surface area contributed by atoms with Crippen molar-refractivity contribution in [2.24, 2.45) is 5.73 Å². The Balaban J connectivity index is 1.98. The summed E-state index contributed by atoms with van der Waals surface area (Å²) < 4.78 is 54.3. The molecule has 3 unspecified atom stereocenters. The van der Waals surface area contributed by atoms with E-state index in [0.29, 0.717) is 29.8 Å². The van der Waals surface area contributed by atoms with Crippen molar-refractivity contribution in [2.45, 2.75) is 69.8 Å². The Morgan fingerprint density at radius 1 is 0.913 bits per heavy atom. The van der Waals surface area contributed by atoms with Crippen molar-refractivity contribution in [3.8, 4) is 0 Å². The molecule has 4 N–H and O–H groups in total. The summed E-state index contributed by atoms with van der Waals surface area (Å²) in [6.45, 7) is 6.83. The number of nitrogens with two attached hydrogens (primary N) is 1. The Labute approximate surface area is 271 Å². The average Bonchev–Trinajstić information content (AvgIpc) is 2.99. The van der Waals surface area contributed by atoms with E-state index in [-0.39, 0.29) is 35.9 Å². The van der Waals surface area contributed by atoms with Crippen LogP contribution in [0, 0.1) is 18.6 Å². The molecule has 0 aliphatic rings. The van der Waals surface area contributed by atoms with Gasteiger partial charge in [-0.25, -0.2) is 21.5 Å². The Kier molecular flexibility index (Phi) is 13.4. The number of aryl methyl sites for hydroxylation is 1. The van der Waals surface area contributed by atoms with Crippen molar-refractivity contribution >= 4 is 15.9 Å². The molecule has 0 saturated heterocycles. The highest BCUT2D eigenvalue weighted by Gasteiger charge is 2.27. The van der Waals surface area contributed by atoms with Crippen LogP contribution in [-0.2, 0) is 23.0 Å². The maximum absolute atomic E-state index is 13.8. The number of aliphatic hydroxyl groups is 2. The third-order valence-corrected chi connectivity index (χ3v) is 9.45. The Hall–Kier alpha value is -3.26. The molecule has 0 saturated carbocycles. The number of benzene rings is 3. The molecule has 9 nitrogen and oxygen atoms in total. The summed E-state index contributed by atoms with van der Waals surface area (Å²) in [5.41, 5.74) is 8.66. The highest BCUT2D eigenvalue weighted by Crippen LogP contribution is 2.26. The average molecular weight is 661 g/mol. The predicted octanol–water partition coefficient (Wildman–Crippen LogP) is 4.21. The van der Waals surface area contributed by atoms with Crippen LogP contribution in [0.3, 0.4) is 0 Å². The molecule has 0 spiro atoms. The summed E-state index contributed by atoms with van der Waals surface area (Å²) in [6.07, 6.45) is -1.04. The lowest BCUT2D eigenvalue weighted by Gasteiger charge is -2.32. The number of hydrogen-bond acceptors (Lipinski definition) is 7. The highest BCUT2D eigenvalue weighted by atomic mass is 32.2. The maximum Gasteiger partial charge on any atom is 0.253 e. The molecule has 3 atom stereocenters. The summed E-state index contributed by atoms with van der Waals surface area (Å²) in [6, 6.07) is 13.5. The molecule has 12 heteroatoms. The van der Waals surface area contributed by atoms with Gasteiger partial charge in [-0.1, -0.05) is 32.0 Å². The normalized spacial score (nSPS) is 14.0. The molecule has 3 rings (SSSR count). The van der Waals surface area contributed by atoms with Gasteiger partial charge in [0.15, 0.2) is 0 Å². The van der Waals surface area contributed by atoms with Gasteiger partial charge in [0.2, 0.25) is 10.0 Å². The number of sulfonamides is 1. The van der Waals surface area contributed by atoms with Crippen LogP contribution in [-0.4, -0.2) is 84.5 Å². The molecule has 1 amide bonds. The zero-order valence-electron chi connectivity index (χ0n) is 27.2. The van der Waals surface area contributed by atoms with Gasteiger partial charge in [-0.15, -0.1) is 0 Å². The number of rotatable bonds is 16. The van der Waals surface area contributed by atoms with Gasteiger partial charge in [-0.2, -0.15) is 0 Å². The molecule has 0 radical (unpaired) electrons. The van der Waals surface area contributed by atoms with Gasteiger partial charge in [-0.3, -0.25) is 9.69 Å². The van der Waals surface area contributed by atoms with Gasteiger partial charge in [0.25, 0.3) is 5.91 Å². The lowest BCUT2D eigenvalue weighted by atomic mass is 10.00. The van der Waals surface area contributed by atoms with E-state index < -0.39 is 40.0 Å². The smallest absolute Gasteiger partial charge is 0.253 e. The number of hydrogen-bond donors (Lipinski definition) is 3. The fourth-order valence-corrected chi connectivity index (χ4v) is 6.32. The summed E-state index contributed by atoms with van der Waals surface area (Å²) in [5, 5.41) is 22.9. The van der Waals surface area contributed by atoms with Crippen LogP contribution >= 0.6 is 0 Å². The minimum absolute atomic E-state index is 0.00530. The van der Waals surface area contributed by atoms with E-state index in [4.69, 9.17) is 5.73 Å². The first-order valence-electron chi connectivity index (χ1n) is 15.4. The van der Waals surface area contributed by atoms with E-state index in [0.717, 1.165) is 40.9 Å². The minimum Gasteiger partial charge on any atom is -0.390 e. The predicted molar refractivity (Wildman–Crippen MR) is 174 cm³/mol. The zero-order valence-corrected chi connectivity index (χ0v) is 28.0. The first kappa shape index (κ1) is 37.2. The molecule has 0 aliphatic carbocycles. The molecule has 252 valence electrons.